The van der Waals surface area contributed by atoms with Crippen LogP contribution in [0.2, 0.25) is 0 Å². The first kappa shape index (κ1) is 48.3. The quantitative estimate of drug-likeness (QED) is 0.0391. The van der Waals surface area contributed by atoms with Crippen LogP contribution in [0.5, 0.6) is 0 Å². The lowest BCUT2D eigenvalue weighted by atomic mass is 9.12. The highest BCUT2D eigenvalue weighted by Crippen LogP contribution is 2.31. The standard InChI is InChI=1S/C24BF20.C13H19O2S/c26-5-1(6(27)14(35)21(42)13(5)34)25(2-7(28)15(36)22(43)16(37)8(2)29,3-9(30)17(38)23(44)18(39)10(3)31)4-11(32)19(40)24(45)20(41)12(4)33;1-10(2)11-5-7-12(8-6-11)13(14)9-16(3,4)15/h;5-8,10H,9H2,1-4H3/q-1;+1. The van der Waals surface area contributed by atoms with Crippen LogP contribution < -0.4 is 21.9 Å². The van der Waals surface area contributed by atoms with Crippen molar-refractivity contribution in [2.75, 3.05) is 18.3 Å². The van der Waals surface area contributed by atoms with E-state index in [9.17, 15) is 61.7 Å². The van der Waals surface area contributed by atoms with Gasteiger partial charge >= 0.3 is 0 Å². The monoisotopic (exact) mass is 918 g/mol. The third-order valence-electron chi connectivity index (χ3n) is 9.09. The summed E-state index contributed by atoms with van der Waals surface area (Å²) in [4.78, 5) is 11.8. The second-order valence-corrected chi connectivity index (χ2v) is 16.7. The zero-order valence-corrected chi connectivity index (χ0v) is 31.3. The summed E-state index contributed by atoms with van der Waals surface area (Å²) < 4.78 is 305. The van der Waals surface area contributed by atoms with E-state index in [0.717, 1.165) is 0 Å². The van der Waals surface area contributed by atoms with E-state index >= 15 is 35.1 Å². The molecule has 0 atom stereocenters. The molecule has 0 fully saturated rings. The van der Waals surface area contributed by atoms with E-state index in [1.165, 1.54) is 5.56 Å². The predicted molar refractivity (Wildman–Crippen MR) is 179 cm³/mol. The van der Waals surface area contributed by atoms with Crippen molar-refractivity contribution in [3.05, 3.63) is 152 Å². The molecule has 0 heterocycles. The maximum Gasteiger partial charge on any atom is 0.211 e. The van der Waals surface area contributed by atoms with Crippen LogP contribution in [0, 0.1) is 116 Å². The second kappa shape index (κ2) is 17.2. The van der Waals surface area contributed by atoms with Gasteiger partial charge in [-0.2, -0.15) is 0 Å². The van der Waals surface area contributed by atoms with Gasteiger partial charge in [-0.25, -0.2) is 87.8 Å². The molecule has 5 aromatic carbocycles. The highest BCUT2D eigenvalue weighted by atomic mass is 32.2. The molecule has 0 saturated heterocycles. The smallest absolute Gasteiger partial charge is 0.211 e. The molecule has 328 valence electrons. The van der Waals surface area contributed by atoms with Crippen LogP contribution in [0.1, 0.15) is 35.7 Å². The summed E-state index contributed by atoms with van der Waals surface area (Å²) in [6, 6.07) is 7.57. The van der Waals surface area contributed by atoms with Gasteiger partial charge in [-0.1, -0.05) is 38.1 Å². The Bertz CT molecular complexity index is 2280. The first-order valence-corrected chi connectivity index (χ1v) is 18.8. The number of Topliss-reactive ketones (excluding diaryl/α,β-unsaturated/α-hetero) is 1. The molecule has 0 bridgehead atoms. The Balaban J connectivity index is 0.000000430. The molecular weight excluding hydrogens is 899 g/mol. The van der Waals surface area contributed by atoms with Gasteiger partial charge in [0.15, 0.2) is 75.6 Å². The lowest BCUT2D eigenvalue weighted by molar-refractivity contribution is 0.102. The van der Waals surface area contributed by atoms with Crippen molar-refractivity contribution < 1.29 is 96.8 Å². The number of benzene rings is 5. The van der Waals surface area contributed by atoms with Gasteiger partial charge in [0.1, 0.15) is 65.2 Å². The lowest BCUT2D eigenvalue weighted by Gasteiger charge is -2.44. The third-order valence-corrected chi connectivity index (χ3v) is 10.0. The summed E-state index contributed by atoms with van der Waals surface area (Å²) >= 11 is 0. The predicted octanol–water partition coefficient (Wildman–Crippen LogP) is 8.60. The Morgan fingerprint density at radius 2 is 0.607 bits per heavy atom. The summed E-state index contributed by atoms with van der Waals surface area (Å²) in [5.74, 6) is -70.8. The van der Waals surface area contributed by atoms with Gasteiger partial charge in [-0.05, 0) is 11.5 Å². The molecular formula is C37H19BF20O2S. The molecule has 0 N–H and O–H groups in total. The van der Waals surface area contributed by atoms with Gasteiger partial charge < -0.3 is 0 Å². The average Bonchev–Trinajstić information content (AvgIpc) is 3.20. The fraction of sp³-hybridized carbons (Fsp3) is 0.162. The fourth-order valence-electron chi connectivity index (χ4n) is 6.33. The second-order valence-electron chi connectivity index (χ2n) is 13.6. The van der Waals surface area contributed by atoms with Gasteiger partial charge in [-0.15, -0.1) is 26.1 Å². The summed E-state index contributed by atoms with van der Waals surface area (Å²) in [7, 11) is -2.00. The van der Waals surface area contributed by atoms with Crippen molar-refractivity contribution in [2.45, 2.75) is 19.8 Å². The molecule has 0 spiro atoms. The number of hydrogen-bond acceptors (Lipinski definition) is 2. The molecule has 5 aromatic rings. The lowest BCUT2D eigenvalue weighted by Crippen LogP contribution is -2.81. The van der Waals surface area contributed by atoms with Gasteiger partial charge in [0.2, 0.25) is 5.78 Å². The molecule has 0 radical (unpaired) electrons. The Kier molecular flexibility index (Phi) is 13.6. The largest absolute Gasteiger partial charge is 0.289 e. The number of carbonyl (C=O) groups is 1. The molecule has 2 nitrogen and oxygen atoms in total. The van der Waals surface area contributed by atoms with Crippen LogP contribution in [0.25, 0.3) is 0 Å². The number of halogens is 20. The normalized spacial score (nSPS) is 12.0. The van der Waals surface area contributed by atoms with E-state index in [1.54, 1.807) is 12.5 Å². The highest BCUT2D eigenvalue weighted by molar-refractivity contribution is 8.02. The van der Waals surface area contributed by atoms with E-state index in [1.807, 2.05) is 24.3 Å². The Hall–Kier alpha value is -5.42. The summed E-state index contributed by atoms with van der Waals surface area (Å²) in [6.07, 6.45) is -3.98. The Morgan fingerprint density at radius 1 is 0.410 bits per heavy atom. The first-order chi connectivity index (χ1) is 28.0. The Morgan fingerprint density at radius 3 is 0.787 bits per heavy atom. The summed E-state index contributed by atoms with van der Waals surface area (Å²) in [6.45, 7) is 4.23. The molecule has 0 aromatic heterocycles. The van der Waals surface area contributed by atoms with Crippen LogP contribution in [0.3, 0.4) is 0 Å². The molecule has 0 amide bonds. The number of rotatable bonds is 8. The van der Waals surface area contributed by atoms with Gasteiger partial charge in [0.25, 0.3) is 0 Å². The van der Waals surface area contributed by atoms with Crippen molar-refractivity contribution in [3.63, 3.8) is 0 Å². The maximum absolute atomic E-state index is 15.4. The summed E-state index contributed by atoms with van der Waals surface area (Å²) in [5.41, 5.74) is -12.5. The fourth-order valence-corrected chi connectivity index (χ4v) is 7.13. The minimum Gasteiger partial charge on any atom is -0.289 e. The molecule has 0 saturated carbocycles. The molecule has 0 unspecified atom stereocenters. The van der Waals surface area contributed by atoms with Crippen molar-refractivity contribution in [1.82, 2.24) is 0 Å². The minimum absolute atomic E-state index is 0.0368. The van der Waals surface area contributed by atoms with Crippen LogP contribution in [0.4, 0.5) is 87.8 Å². The maximum atomic E-state index is 15.4. The SMILES string of the molecule is CC(C)c1ccc(C(=O)C[S+](C)(C)=O)cc1.Fc1c(F)c(F)c([B-](c2c(F)c(F)c(F)c(F)c2F)(c2c(F)c(F)c(F)c(F)c2F)c2c(F)c(F)c(F)c(F)c2F)c(F)c1F. The van der Waals surface area contributed by atoms with E-state index in [-0.39, 0.29) is 11.5 Å². The van der Waals surface area contributed by atoms with Crippen molar-refractivity contribution >= 4 is 43.7 Å². The highest BCUT2D eigenvalue weighted by Gasteiger charge is 2.52. The molecule has 0 aliphatic carbocycles. The molecule has 0 aliphatic heterocycles. The van der Waals surface area contributed by atoms with Gasteiger partial charge in [-0.3, -0.25) is 4.79 Å². The minimum atomic E-state index is -7.22. The zero-order valence-electron chi connectivity index (χ0n) is 30.5. The van der Waals surface area contributed by atoms with E-state index in [4.69, 9.17) is 0 Å². The Labute approximate surface area is 330 Å². The van der Waals surface area contributed by atoms with Crippen molar-refractivity contribution in [2.24, 2.45) is 0 Å². The molecule has 61 heavy (non-hydrogen) atoms. The van der Waals surface area contributed by atoms with Gasteiger partial charge in [0, 0.05) is 5.56 Å². The molecule has 0 aliphatic rings. The number of carbonyl (C=O) groups excluding carboxylic acids is 1. The van der Waals surface area contributed by atoms with Gasteiger partial charge in [0.05, 0.1) is 9.93 Å². The van der Waals surface area contributed by atoms with Crippen LogP contribution in [-0.2, 0) is 14.1 Å². The zero-order chi connectivity index (χ0) is 46.7. The first-order valence-electron chi connectivity index (χ1n) is 16.3. The average molecular weight is 918 g/mol. The van der Waals surface area contributed by atoms with Crippen molar-refractivity contribution in [3.8, 4) is 0 Å². The number of ketones is 1. The molecule has 5 rings (SSSR count). The molecule has 24 heteroatoms. The van der Waals surface area contributed by atoms with Crippen LogP contribution in [0.15, 0.2) is 24.3 Å². The van der Waals surface area contributed by atoms with E-state index < -0.39 is 154 Å². The topological polar surface area (TPSA) is 34.1 Å². The number of hydrogen-bond donors (Lipinski definition) is 0. The van der Waals surface area contributed by atoms with Crippen LogP contribution >= 0.6 is 0 Å². The third kappa shape index (κ3) is 7.97. The summed E-state index contributed by atoms with van der Waals surface area (Å²) in [5, 5.41) is 0. The van der Waals surface area contributed by atoms with E-state index in [0.29, 0.717) is 11.5 Å². The van der Waals surface area contributed by atoms with Crippen LogP contribution in [-0.4, -0.2) is 30.2 Å². The van der Waals surface area contributed by atoms with Crippen molar-refractivity contribution in [1.29, 1.82) is 0 Å². The van der Waals surface area contributed by atoms with E-state index in [2.05, 4.69) is 13.8 Å².